The third-order valence-electron chi connectivity index (χ3n) is 4.36. The summed E-state index contributed by atoms with van der Waals surface area (Å²) < 4.78 is 18.4. The topological polar surface area (TPSA) is 76.1 Å². The summed E-state index contributed by atoms with van der Waals surface area (Å²) in [6.07, 6.45) is 5.73. The molecule has 2 N–H and O–H groups in total. The van der Waals surface area contributed by atoms with E-state index in [9.17, 15) is 9.18 Å². The second kappa shape index (κ2) is 9.12. The Hall–Kier alpha value is -2.70. The molecule has 1 fully saturated rings. The van der Waals surface area contributed by atoms with E-state index in [4.69, 9.17) is 4.74 Å². The van der Waals surface area contributed by atoms with E-state index in [-0.39, 0.29) is 17.9 Å². The molecule has 26 heavy (non-hydrogen) atoms. The molecular weight excluding hydrogens is 335 g/mol. The molecule has 1 aliphatic rings. The number of hydrogen-bond donors (Lipinski definition) is 2. The van der Waals surface area contributed by atoms with Gasteiger partial charge < -0.3 is 15.4 Å². The minimum Gasteiger partial charge on any atom is -0.475 e. The molecule has 7 heteroatoms. The van der Waals surface area contributed by atoms with Gasteiger partial charge in [0.15, 0.2) is 0 Å². The second-order valence-corrected chi connectivity index (χ2v) is 6.35. The van der Waals surface area contributed by atoms with Gasteiger partial charge in [0.05, 0.1) is 12.2 Å². The van der Waals surface area contributed by atoms with Crippen molar-refractivity contribution in [2.24, 2.45) is 0 Å². The van der Waals surface area contributed by atoms with Crippen LogP contribution in [0, 0.1) is 5.82 Å². The van der Waals surface area contributed by atoms with Crippen LogP contribution in [0.2, 0.25) is 0 Å². The highest BCUT2D eigenvalue weighted by Crippen LogP contribution is 2.18. The van der Waals surface area contributed by atoms with Crippen molar-refractivity contribution in [3.8, 4) is 17.1 Å². The van der Waals surface area contributed by atoms with Crippen LogP contribution < -0.4 is 15.4 Å². The predicted octanol–water partition coefficient (Wildman–Crippen LogP) is 3.29. The SMILES string of the molecule is O=C(NCCOc1ccc(-c2ccc(F)cc2)nn1)NC1CCCCC1. The Balaban J connectivity index is 1.38. The molecule has 0 spiro atoms. The first kappa shape index (κ1) is 18.1. The van der Waals surface area contributed by atoms with Crippen LogP contribution in [-0.4, -0.2) is 35.4 Å². The summed E-state index contributed by atoms with van der Waals surface area (Å²) in [7, 11) is 0. The molecule has 2 aromatic rings. The molecule has 138 valence electrons. The zero-order valence-corrected chi connectivity index (χ0v) is 14.6. The van der Waals surface area contributed by atoms with Gasteiger partial charge in [0.2, 0.25) is 5.88 Å². The zero-order chi connectivity index (χ0) is 18.2. The number of rotatable bonds is 6. The van der Waals surface area contributed by atoms with Crippen LogP contribution in [0.3, 0.4) is 0 Å². The minimum atomic E-state index is -0.290. The zero-order valence-electron chi connectivity index (χ0n) is 14.6. The fourth-order valence-corrected chi connectivity index (χ4v) is 2.98. The third kappa shape index (κ3) is 5.40. The van der Waals surface area contributed by atoms with Gasteiger partial charge in [-0.25, -0.2) is 9.18 Å². The van der Waals surface area contributed by atoms with Gasteiger partial charge >= 0.3 is 6.03 Å². The van der Waals surface area contributed by atoms with Crippen molar-refractivity contribution in [1.82, 2.24) is 20.8 Å². The smallest absolute Gasteiger partial charge is 0.315 e. The van der Waals surface area contributed by atoms with E-state index in [2.05, 4.69) is 20.8 Å². The molecule has 0 atom stereocenters. The summed E-state index contributed by atoms with van der Waals surface area (Å²) in [6, 6.07) is 9.65. The van der Waals surface area contributed by atoms with Crippen molar-refractivity contribution >= 4 is 6.03 Å². The Morgan fingerprint density at radius 2 is 1.85 bits per heavy atom. The van der Waals surface area contributed by atoms with Gasteiger partial charge in [0.1, 0.15) is 12.4 Å². The quantitative estimate of drug-likeness (QED) is 0.777. The standard InChI is InChI=1S/C19H23FN4O2/c20-15-8-6-14(7-9-15)17-10-11-18(24-23-17)26-13-12-21-19(25)22-16-4-2-1-3-5-16/h6-11,16H,1-5,12-13H2,(H2,21,22,25). The number of ether oxygens (including phenoxy) is 1. The van der Waals surface area contributed by atoms with Crippen molar-refractivity contribution in [2.75, 3.05) is 13.2 Å². The number of aromatic nitrogens is 2. The molecule has 1 aromatic carbocycles. The normalized spacial score (nSPS) is 14.7. The molecule has 1 saturated carbocycles. The first-order valence-electron chi connectivity index (χ1n) is 8.97. The average molecular weight is 358 g/mol. The highest BCUT2D eigenvalue weighted by molar-refractivity contribution is 5.74. The van der Waals surface area contributed by atoms with E-state index in [0.29, 0.717) is 24.7 Å². The number of benzene rings is 1. The van der Waals surface area contributed by atoms with Crippen LogP contribution in [0.5, 0.6) is 5.88 Å². The first-order chi connectivity index (χ1) is 12.7. The highest BCUT2D eigenvalue weighted by atomic mass is 19.1. The maximum atomic E-state index is 12.9. The van der Waals surface area contributed by atoms with E-state index >= 15 is 0 Å². The van der Waals surface area contributed by atoms with Gasteiger partial charge in [-0.3, -0.25) is 0 Å². The van der Waals surface area contributed by atoms with Gasteiger partial charge in [-0.2, -0.15) is 0 Å². The first-order valence-corrected chi connectivity index (χ1v) is 8.97. The molecule has 0 bridgehead atoms. The number of hydrogen-bond acceptors (Lipinski definition) is 4. The van der Waals surface area contributed by atoms with Crippen LogP contribution in [0.1, 0.15) is 32.1 Å². The second-order valence-electron chi connectivity index (χ2n) is 6.35. The molecule has 1 heterocycles. The van der Waals surface area contributed by atoms with E-state index in [1.807, 2.05) is 0 Å². The van der Waals surface area contributed by atoms with Gasteiger partial charge in [-0.1, -0.05) is 19.3 Å². The molecule has 2 amide bonds. The Morgan fingerprint density at radius 1 is 1.08 bits per heavy atom. The number of nitrogens with one attached hydrogen (secondary N) is 2. The van der Waals surface area contributed by atoms with E-state index in [1.165, 1.54) is 31.4 Å². The predicted molar refractivity (Wildman–Crippen MR) is 96.3 cm³/mol. The van der Waals surface area contributed by atoms with Crippen molar-refractivity contribution in [3.05, 3.63) is 42.2 Å². The number of urea groups is 1. The summed E-state index contributed by atoms with van der Waals surface area (Å²) >= 11 is 0. The molecule has 0 saturated heterocycles. The lowest BCUT2D eigenvalue weighted by Gasteiger charge is -2.22. The van der Waals surface area contributed by atoms with Crippen molar-refractivity contribution in [1.29, 1.82) is 0 Å². The average Bonchev–Trinajstić information content (AvgIpc) is 2.67. The monoisotopic (exact) mass is 358 g/mol. The largest absolute Gasteiger partial charge is 0.475 e. The number of carbonyl (C=O) groups is 1. The number of nitrogens with zero attached hydrogens (tertiary/aromatic N) is 2. The fourth-order valence-electron chi connectivity index (χ4n) is 2.98. The van der Waals surface area contributed by atoms with Gasteiger partial charge in [-0.05, 0) is 43.2 Å². The third-order valence-corrected chi connectivity index (χ3v) is 4.36. The Bertz CT molecular complexity index is 700. The van der Waals surface area contributed by atoms with Gasteiger partial charge in [0, 0.05) is 17.7 Å². The molecule has 0 unspecified atom stereocenters. The van der Waals surface area contributed by atoms with Crippen LogP contribution in [-0.2, 0) is 0 Å². The number of amides is 2. The summed E-state index contributed by atoms with van der Waals surface area (Å²) in [5.74, 6) is 0.0898. The van der Waals surface area contributed by atoms with Crippen LogP contribution >= 0.6 is 0 Å². The van der Waals surface area contributed by atoms with Gasteiger partial charge in [0.25, 0.3) is 0 Å². The molecule has 1 aliphatic carbocycles. The van der Waals surface area contributed by atoms with Gasteiger partial charge in [-0.15, -0.1) is 10.2 Å². The summed E-state index contributed by atoms with van der Waals surface area (Å²) in [4.78, 5) is 11.8. The number of halogens is 1. The molecule has 3 rings (SSSR count). The Labute approximate surface area is 152 Å². The molecule has 0 radical (unpaired) electrons. The van der Waals surface area contributed by atoms with Crippen LogP contribution in [0.15, 0.2) is 36.4 Å². The molecule has 1 aromatic heterocycles. The maximum absolute atomic E-state index is 12.9. The molecule has 0 aliphatic heterocycles. The maximum Gasteiger partial charge on any atom is 0.315 e. The summed E-state index contributed by atoms with van der Waals surface area (Å²) in [5, 5.41) is 13.8. The van der Waals surface area contributed by atoms with Crippen molar-refractivity contribution in [2.45, 2.75) is 38.1 Å². The van der Waals surface area contributed by atoms with E-state index < -0.39 is 0 Å². The van der Waals surface area contributed by atoms with Crippen LogP contribution in [0.4, 0.5) is 9.18 Å². The van der Waals surface area contributed by atoms with Crippen molar-refractivity contribution in [3.63, 3.8) is 0 Å². The van der Waals surface area contributed by atoms with Crippen molar-refractivity contribution < 1.29 is 13.9 Å². The Kier molecular flexibility index (Phi) is 6.35. The van der Waals surface area contributed by atoms with Crippen LogP contribution in [0.25, 0.3) is 11.3 Å². The summed E-state index contributed by atoms with van der Waals surface area (Å²) in [5.41, 5.74) is 1.42. The lowest BCUT2D eigenvalue weighted by atomic mass is 9.96. The molecular formula is C19H23FN4O2. The van der Waals surface area contributed by atoms with E-state index in [0.717, 1.165) is 18.4 Å². The number of carbonyl (C=O) groups excluding carboxylic acids is 1. The van der Waals surface area contributed by atoms with E-state index in [1.54, 1.807) is 24.3 Å². The fraction of sp³-hybridized carbons (Fsp3) is 0.421. The Morgan fingerprint density at radius 3 is 2.54 bits per heavy atom. The highest BCUT2D eigenvalue weighted by Gasteiger charge is 2.15. The minimum absolute atomic E-state index is 0.154. The molecule has 6 nitrogen and oxygen atoms in total. The lowest BCUT2D eigenvalue weighted by Crippen LogP contribution is -2.44. The lowest BCUT2D eigenvalue weighted by molar-refractivity contribution is 0.228. The summed E-state index contributed by atoms with van der Waals surface area (Å²) in [6.45, 7) is 0.697.